The molecule has 0 saturated carbocycles. The van der Waals surface area contributed by atoms with E-state index in [4.69, 9.17) is 9.26 Å². The van der Waals surface area contributed by atoms with Crippen LogP contribution in [0, 0.1) is 6.92 Å². The molecule has 2 rings (SSSR count). The topological polar surface area (TPSA) is 90.1 Å². The predicted molar refractivity (Wildman–Crippen MR) is 69.3 cm³/mol. The first-order valence-corrected chi connectivity index (χ1v) is 6.62. The zero-order chi connectivity index (χ0) is 13.7. The molecular weight excluding hydrogens is 268 g/mol. The number of ether oxygens (including phenoxy) is 1. The Bertz CT molecular complexity index is 538. The Morgan fingerprint density at radius 3 is 3.11 bits per heavy atom. The molecule has 0 aromatic carbocycles. The van der Waals surface area contributed by atoms with Crippen LogP contribution in [0.15, 0.2) is 10.9 Å². The predicted octanol–water partition coefficient (Wildman–Crippen LogP) is 1.67. The van der Waals surface area contributed by atoms with Crippen LogP contribution in [0.3, 0.4) is 0 Å². The van der Waals surface area contributed by atoms with E-state index in [0.717, 1.165) is 0 Å². The lowest BCUT2D eigenvalue weighted by molar-refractivity contribution is 0.0527. The monoisotopic (exact) mass is 282 g/mol. The summed E-state index contributed by atoms with van der Waals surface area (Å²) in [7, 11) is 0. The molecule has 0 spiro atoms. The highest BCUT2D eigenvalue weighted by molar-refractivity contribution is 7.10. The van der Waals surface area contributed by atoms with Crippen molar-refractivity contribution in [3.8, 4) is 0 Å². The van der Waals surface area contributed by atoms with Crippen molar-refractivity contribution in [3.63, 3.8) is 0 Å². The van der Waals surface area contributed by atoms with Gasteiger partial charge in [-0.05, 0) is 25.4 Å². The first kappa shape index (κ1) is 13.5. The first-order chi connectivity index (χ1) is 9.22. The summed E-state index contributed by atoms with van der Waals surface area (Å²) in [4.78, 5) is 15.7. The third-order valence-electron chi connectivity index (χ3n) is 2.37. The fourth-order valence-corrected chi connectivity index (χ4v) is 2.33. The summed E-state index contributed by atoms with van der Waals surface area (Å²) in [6.07, 6.45) is 1.94. The van der Waals surface area contributed by atoms with Crippen molar-refractivity contribution in [2.45, 2.75) is 20.3 Å². The van der Waals surface area contributed by atoms with Crippen molar-refractivity contribution in [3.05, 3.63) is 23.5 Å². The number of nitrogens with zero attached hydrogens (tertiary/aromatic N) is 3. The van der Waals surface area contributed by atoms with Gasteiger partial charge in [-0.15, -0.1) is 0 Å². The maximum atomic E-state index is 11.8. The van der Waals surface area contributed by atoms with Crippen LogP contribution in [0.5, 0.6) is 0 Å². The number of hydrogen-bond acceptors (Lipinski definition) is 8. The van der Waals surface area contributed by atoms with Gasteiger partial charge in [0.25, 0.3) is 0 Å². The average molecular weight is 282 g/mol. The van der Waals surface area contributed by atoms with Crippen molar-refractivity contribution in [1.82, 2.24) is 14.5 Å². The van der Waals surface area contributed by atoms with Gasteiger partial charge in [0, 0.05) is 13.0 Å². The Morgan fingerprint density at radius 2 is 2.42 bits per heavy atom. The highest BCUT2D eigenvalue weighted by atomic mass is 32.1. The molecular formula is C11H14N4O3S. The molecule has 0 aliphatic carbocycles. The van der Waals surface area contributed by atoms with Crippen LogP contribution in [0.25, 0.3) is 0 Å². The number of rotatable bonds is 6. The van der Waals surface area contributed by atoms with Gasteiger partial charge in [-0.1, -0.05) is 5.16 Å². The van der Waals surface area contributed by atoms with Gasteiger partial charge >= 0.3 is 5.97 Å². The number of carbonyl (C=O) groups is 1. The summed E-state index contributed by atoms with van der Waals surface area (Å²) < 4.78 is 14.1. The second-order valence-electron chi connectivity index (χ2n) is 3.70. The third-order valence-corrected chi connectivity index (χ3v) is 3.27. The highest BCUT2D eigenvalue weighted by Crippen LogP contribution is 2.25. The van der Waals surface area contributed by atoms with Crippen molar-refractivity contribution in [1.29, 1.82) is 0 Å². The van der Waals surface area contributed by atoms with Crippen molar-refractivity contribution < 1.29 is 14.1 Å². The standard InChI is InChI=1S/C11H14N4O3S/c1-3-17-11(16)9-7(2)15-19-10(9)12-5-4-8-13-6-14-18-8/h6,12H,3-5H2,1-2H3. The Kier molecular flexibility index (Phi) is 4.45. The fourth-order valence-electron chi connectivity index (χ4n) is 1.52. The Morgan fingerprint density at radius 1 is 1.58 bits per heavy atom. The van der Waals surface area contributed by atoms with Crippen molar-refractivity contribution >= 4 is 22.5 Å². The van der Waals surface area contributed by atoms with Gasteiger partial charge in [0.05, 0.1) is 12.3 Å². The summed E-state index contributed by atoms with van der Waals surface area (Å²) in [5.41, 5.74) is 1.17. The second kappa shape index (κ2) is 6.28. The number of carbonyl (C=O) groups excluding carboxylic acids is 1. The number of nitrogens with one attached hydrogen (secondary N) is 1. The van der Waals surface area contributed by atoms with Gasteiger partial charge in [-0.2, -0.15) is 9.36 Å². The molecule has 0 saturated heterocycles. The van der Waals surface area contributed by atoms with Gasteiger partial charge in [-0.25, -0.2) is 4.79 Å². The van der Waals surface area contributed by atoms with E-state index in [1.54, 1.807) is 13.8 Å². The lowest BCUT2D eigenvalue weighted by atomic mass is 10.2. The van der Waals surface area contributed by atoms with Gasteiger partial charge in [-0.3, -0.25) is 0 Å². The molecule has 8 heteroatoms. The van der Waals surface area contributed by atoms with E-state index in [2.05, 4.69) is 19.8 Å². The quantitative estimate of drug-likeness (QED) is 0.806. The van der Waals surface area contributed by atoms with Crippen LogP contribution >= 0.6 is 11.5 Å². The molecule has 0 fully saturated rings. The average Bonchev–Trinajstić information content (AvgIpc) is 3.00. The van der Waals surface area contributed by atoms with Gasteiger partial charge < -0.3 is 14.6 Å². The van der Waals surface area contributed by atoms with E-state index >= 15 is 0 Å². The number of anilines is 1. The molecule has 0 bridgehead atoms. The summed E-state index contributed by atoms with van der Waals surface area (Å²) in [6, 6.07) is 0. The zero-order valence-corrected chi connectivity index (χ0v) is 11.5. The molecule has 0 aliphatic heterocycles. The maximum absolute atomic E-state index is 11.8. The maximum Gasteiger partial charge on any atom is 0.343 e. The van der Waals surface area contributed by atoms with Crippen LogP contribution in [-0.2, 0) is 11.2 Å². The van der Waals surface area contributed by atoms with E-state index in [-0.39, 0.29) is 5.97 Å². The summed E-state index contributed by atoms with van der Waals surface area (Å²) in [6.45, 7) is 4.48. The van der Waals surface area contributed by atoms with E-state index < -0.39 is 0 Å². The lowest BCUT2D eigenvalue weighted by Gasteiger charge is -2.05. The van der Waals surface area contributed by atoms with Crippen molar-refractivity contribution in [2.75, 3.05) is 18.5 Å². The summed E-state index contributed by atoms with van der Waals surface area (Å²) in [5.74, 6) is 0.195. The molecule has 1 N–H and O–H groups in total. The molecule has 19 heavy (non-hydrogen) atoms. The molecule has 0 atom stereocenters. The highest BCUT2D eigenvalue weighted by Gasteiger charge is 2.19. The lowest BCUT2D eigenvalue weighted by Crippen LogP contribution is -2.11. The van der Waals surface area contributed by atoms with Crippen LogP contribution in [0.2, 0.25) is 0 Å². The minimum absolute atomic E-state index is 0.343. The fraction of sp³-hybridized carbons (Fsp3) is 0.455. The van der Waals surface area contributed by atoms with Crippen molar-refractivity contribution in [2.24, 2.45) is 0 Å². The van der Waals surface area contributed by atoms with E-state index in [1.165, 1.54) is 17.9 Å². The van der Waals surface area contributed by atoms with E-state index in [1.807, 2.05) is 0 Å². The summed E-state index contributed by atoms with van der Waals surface area (Å²) in [5, 5.41) is 7.37. The van der Waals surface area contributed by atoms with Crippen LogP contribution < -0.4 is 5.32 Å². The summed E-state index contributed by atoms with van der Waals surface area (Å²) >= 11 is 1.24. The first-order valence-electron chi connectivity index (χ1n) is 5.85. The largest absolute Gasteiger partial charge is 0.462 e. The molecule has 2 aromatic heterocycles. The van der Waals surface area contributed by atoms with E-state index in [9.17, 15) is 4.79 Å². The molecule has 2 aromatic rings. The van der Waals surface area contributed by atoms with Crippen LogP contribution in [0.4, 0.5) is 5.00 Å². The Labute approximate surface area is 114 Å². The normalized spacial score (nSPS) is 10.4. The van der Waals surface area contributed by atoms with Gasteiger partial charge in [0.15, 0.2) is 6.33 Å². The van der Waals surface area contributed by atoms with Gasteiger partial charge in [0.1, 0.15) is 10.6 Å². The minimum atomic E-state index is -0.353. The SMILES string of the molecule is CCOC(=O)c1c(C)nsc1NCCc1ncno1. The molecule has 0 aliphatic rings. The van der Waals surface area contributed by atoms with Crippen LogP contribution in [0.1, 0.15) is 28.9 Å². The molecule has 7 nitrogen and oxygen atoms in total. The molecule has 102 valence electrons. The second-order valence-corrected chi connectivity index (χ2v) is 4.48. The zero-order valence-electron chi connectivity index (χ0n) is 10.7. The molecule has 0 amide bonds. The molecule has 0 radical (unpaired) electrons. The number of aryl methyl sites for hydroxylation is 1. The number of aromatic nitrogens is 3. The van der Waals surface area contributed by atoms with E-state index in [0.29, 0.717) is 41.7 Å². The number of hydrogen-bond donors (Lipinski definition) is 1. The van der Waals surface area contributed by atoms with Crippen LogP contribution in [-0.4, -0.2) is 33.6 Å². The Balaban J connectivity index is 1.98. The number of esters is 1. The minimum Gasteiger partial charge on any atom is -0.462 e. The Hall–Kier alpha value is -1.96. The molecule has 0 unspecified atom stereocenters. The smallest absolute Gasteiger partial charge is 0.343 e. The third kappa shape index (κ3) is 3.28. The van der Waals surface area contributed by atoms with Gasteiger partial charge in [0.2, 0.25) is 5.89 Å². The molecule has 2 heterocycles.